The van der Waals surface area contributed by atoms with Crippen molar-refractivity contribution in [2.24, 2.45) is 0 Å². The fourth-order valence-electron chi connectivity index (χ4n) is 2.79. The molecule has 0 saturated carbocycles. The molecule has 0 unspecified atom stereocenters. The third kappa shape index (κ3) is 2.05. The van der Waals surface area contributed by atoms with Crippen LogP contribution in [0.1, 0.15) is 35.1 Å². The molecule has 0 spiro atoms. The molecular formula is C16H15ClO. The Hall–Kier alpha value is -1.31. The molecule has 0 aliphatic heterocycles. The quantitative estimate of drug-likeness (QED) is 0.816. The van der Waals surface area contributed by atoms with Crippen LogP contribution >= 0.6 is 11.6 Å². The Balaban J connectivity index is 1.95. The fourth-order valence-corrected chi connectivity index (χ4v) is 2.92. The van der Waals surface area contributed by atoms with Crippen molar-refractivity contribution in [2.75, 3.05) is 0 Å². The Kier molecular flexibility index (Phi) is 3.11. The fraction of sp³-hybridized carbons (Fsp3) is 0.250. The average molecular weight is 259 g/mol. The van der Waals surface area contributed by atoms with Crippen LogP contribution in [0.3, 0.4) is 0 Å². The monoisotopic (exact) mass is 258 g/mol. The van der Waals surface area contributed by atoms with Crippen molar-refractivity contribution in [1.82, 2.24) is 0 Å². The molecule has 2 aromatic carbocycles. The van der Waals surface area contributed by atoms with Crippen LogP contribution in [0.25, 0.3) is 0 Å². The molecule has 2 heteroatoms. The van der Waals surface area contributed by atoms with Crippen molar-refractivity contribution >= 4 is 11.6 Å². The van der Waals surface area contributed by atoms with Crippen LogP contribution in [0.4, 0.5) is 0 Å². The molecule has 18 heavy (non-hydrogen) atoms. The lowest BCUT2D eigenvalue weighted by molar-refractivity contribution is 0.131. The number of hydrogen-bond acceptors (Lipinski definition) is 1. The van der Waals surface area contributed by atoms with Gasteiger partial charge in [0.15, 0.2) is 0 Å². The Labute approximate surface area is 112 Å². The van der Waals surface area contributed by atoms with E-state index in [1.165, 1.54) is 11.1 Å². The Morgan fingerprint density at radius 2 is 1.72 bits per heavy atom. The maximum atomic E-state index is 10.5. The van der Waals surface area contributed by atoms with E-state index in [9.17, 15) is 5.11 Å². The molecule has 1 aliphatic rings. The Bertz CT molecular complexity index is 547. The number of hydrogen-bond donors (Lipinski definition) is 1. The van der Waals surface area contributed by atoms with Gasteiger partial charge in [0.2, 0.25) is 0 Å². The van der Waals surface area contributed by atoms with Crippen LogP contribution in [0.2, 0.25) is 5.02 Å². The van der Waals surface area contributed by atoms with E-state index in [0.29, 0.717) is 0 Å². The molecule has 0 bridgehead atoms. The highest BCUT2D eigenvalue weighted by Gasteiger charge is 2.28. The lowest BCUT2D eigenvalue weighted by atomic mass is 9.78. The van der Waals surface area contributed by atoms with Crippen molar-refractivity contribution in [3.63, 3.8) is 0 Å². The van der Waals surface area contributed by atoms with E-state index in [0.717, 1.165) is 23.4 Å². The molecule has 0 radical (unpaired) electrons. The average Bonchev–Trinajstić information content (AvgIpc) is 2.41. The molecule has 3 rings (SSSR count). The minimum atomic E-state index is -0.406. The number of aliphatic hydroxyl groups excluding tert-OH is 1. The van der Waals surface area contributed by atoms with Gasteiger partial charge in [-0.2, -0.15) is 0 Å². The van der Waals surface area contributed by atoms with Crippen molar-refractivity contribution in [2.45, 2.75) is 24.9 Å². The second-order valence-electron chi connectivity index (χ2n) is 4.84. The van der Waals surface area contributed by atoms with Gasteiger partial charge in [-0.15, -0.1) is 0 Å². The zero-order valence-corrected chi connectivity index (χ0v) is 10.8. The summed E-state index contributed by atoms with van der Waals surface area (Å²) in [5.74, 6) is 0.178. The summed E-state index contributed by atoms with van der Waals surface area (Å²) in [4.78, 5) is 0. The summed E-state index contributed by atoms with van der Waals surface area (Å²) in [5, 5.41) is 11.3. The topological polar surface area (TPSA) is 20.2 Å². The summed E-state index contributed by atoms with van der Waals surface area (Å²) < 4.78 is 0. The molecule has 92 valence electrons. The third-order valence-electron chi connectivity index (χ3n) is 3.78. The molecule has 2 atom stereocenters. The minimum absolute atomic E-state index is 0.178. The van der Waals surface area contributed by atoms with Gasteiger partial charge in [0, 0.05) is 10.9 Å². The van der Waals surface area contributed by atoms with Crippen molar-refractivity contribution < 1.29 is 5.11 Å². The highest BCUT2D eigenvalue weighted by Crippen LogP contribution is 2.40. The summed E-state index contributed by atoms with van der Waals surface area (Å²) in [6.45, 7) is 0. The SMILES string of the molecule is O[C@H]1c2ccccc2CC[C@@H]1c1ccc(Cl)cc1. The van der Waals surface area contributed by atoms with Crippen LogP contribution in [0.15, 0.2) is 48.5 Å². The van der Waals surface area contributed by atoms with E-state index >= 15 is 0 Å². The van der Waals surface area contributed by atoms with Gasteiger partial charge in [-0.1, -0.05) is 48.0 Å². The number of aryl methyl sites for hydroxylation is 1. The van der Waals surface area contributed by atoms with Crippen LogP contribution in [-0.2, 0) is 6.42 Å². The number of rotatable bonds is 1. The van der Waals surface area contributed by atoms with Crippen LogP contribution in [0, 0.1) is 0 Å². The second-order valence-corrected chi connectivity index (χ2v) is 5.28. The summed E-state index contributed by atoms with van der Waals surface area (Å²) in [5.41, 5.74) is 3.51. The molecule has 2 aromatic rings. The Morgan fingerprint density at radius 1 is 1.00 bits per heavy atom. The molecule has 0 saturated heterocycles. The number of benzene rings is 2. The maximum Gasteiger partial charge on any atom is 0.0861 e. The zero-order chi connectivity index (χ0) is 12.5. The van der Waals surface area contributed by atoms with E-state index in [4.69, 9.17) is 11.6 Å². The molecule has 0 fully saturated rings. The lowest BCUT2D eigenvalue weighted by Crippen LogP contribution is -2.18. The third-order valence-corrected chi connectivity index (χ3v) is 4.03. The standard InChI is InChI=1S/C16H15ClO/c17-13-8-5-12(6-9-13)15-10-7-11-3-1-2-4-14(11)16(15)18/h1-6,8-9,15-16,18H,7,10H2/t15-,16+/m1/s1. The number of fused-ring (bicyclic) bond motifs is 1. The van der Waals surface area contributed by atoms with E-state index in [1.807, 2.05) is 42.5 Å². The van der Waals surface area contributed by atoms with Gasteiger partial charge in [-0.3, -0.25) is 0 Å². The number of aliphatic hydroxyl groups is 1. The van der Waals surface area contributed by atoms with Crippen molar-refractivity contribution in [1.29, 1.82) is 0 Å². The molecule has 1 N–H and O–H groups in total. The van der Waals surface area contributed by atoms with Gasteiger partial charge in [0.25, 0.3) is 0 Å². The zero-order valence-electron chi connectivity index (χ0n) is 10.0. The van der Waals surface area contributed by atoms with E-state index in [1.54, 1.807) is 0 Å². The van der Waals surface area contributed by atoms with Crippen LogP contribution < -0.4 is 0 Å². The first kappa shape index (κ1) is 11.8. The normalized spacial score (nSPS) is 22.6. The van der Waals surface area contributed by atoms with Gasteiger partial charge in [0.1, 0.15) is 0 Å². The van der Waals surface area contributed by atoms with Gasteiger partial charge < -0.3 is 5.11 Å². The van der Waals surface area contributed by atoms with Crippen LogP contribution in [0.5, 0.6) is 0 Å². The number of halogens is 1. The summed E-state index contributed by atoms with van der Waals surface area (Å²) in [7, 11) is 0. The van der Waals surface area contributed by atoms with E-state index in [-0.39, 0.29) is 5.92 Å². The predicted octanol–water partition coefficient (Wildman–Crippen LogP) is 4.10. The maximum absolute atomic E-state index is 10.5. The summed E-state index contributed by atoms with van der Waals surface area (Å²) in [6.07, 6.45) is 1.61. The molecule has 0 heterocycles. The van der Waals surface area contributed by atoms with Gasteiger partial charge in [-0.05, 0) is 41.7 Å². The molecular weight excluding hydrogens is 244 g/mol. The molecule has 1 nitrogen and oxygen atoms in total. The second kappa shape index (κ2) is 4.75. The smallest absolute Gasteiger partial charge is 0.0861 e. The molecule has 1 aliphatic carbocycles. The molecule has 0 aromatic heterocycles. The minimum Gasteiger partial charge on any atom is -0.388 e. The first-order valence-corrected chi connectivity index (χ1v) is 6.65. The van der Waals surface area contributed by atoms with Crippen molar-refractivity contribution in [3.05, 3.63) is 70.2 Å². The van der Waals surface area contributed by atoms with Crippen molar-refractivity contribution in [3.8, 4) is 0 Å². The summed E-state index contributed by atoms with van der Waals surface area (Å²) >= 11 is 5.91. The summed E-state index contributed by atoms with van der Waals surface area (Å²) in [6, 6.07) is 16.0. The first-order chi connectivity index (χ1) is 8.75. The highest BCUT2D eigenvalue weighted by atomic mass is 35.5. The molecule has 0 amide bonds. The largest absolute Gasteiger partial charge is 0.388 e. The van der Waals surface area contributed by atoms with E-state index in [2.05, 4.69) is 6.07 Å². The Morgan fingerprint density at radius 3 is 2.50 bits per heavy atom. The highest BCUT2D eigenvalue weighted by molar-refractivity contribution is 6.30. The predicted molar refractivity (Wildman–Crippen MR) is 73.9 cm³/mol. The van der Waals surface area contributed by atoms with E-state index < -0.39 is 6.10 Å². The van der Waals surface area contributed by atoms with Gasteiger partial charge in [-0.25, -0.2) is 0 Å². The first-order valence-electron chi connectivity index (χ1n) is 6.27. The lowest BCUT2D eigenvalue weighted by Gasteiger charge is -2.30. The van der Waals surface area contributed by atoms with Crippen LogP contribution in [-0.4, -0.2) is 5.11 Å². The van der Waals surface area contributed by atoms with Gasteiger partial charge in [0.05, 0.1) is 6.10 Å². The van der Waals surface area contributed by atoms with Gasteiger partial charge >= 0.3 is 0 Å².